The van der Waals surface area contributed by atoms with E-state index in [0.717, 1.165) is 30.6 Å². The molecule has 1 aliphatic rings. The van der Waals surface area contributed by atoms with Gasteiger partial charge in [-0.25, -0.2) is 8.78 Å². The van der Waals surface area contributed by atoms with Crippen LogP contribution in [-0.4, -0.2) is 20.6 Å². The fourth-order valence-electron chi connectivity index (χ4n) is 2.47. The van der Waals surface area contributed by atoms with Crippen LogP contribution < -0.4 is 10.2 Å². The minimum atomic E-state index is -0.793. The summed E-state index contributed by atoms with van der Waals surface area (Å²) in [5, 5.41) is 3.38. The zero-order valence-electron chi connectivity index (χ0n) is 10.5. The first-order valence-electron chi connectivity index (χ1n) is 5.86. The highest BCUT2D eigenvalue weighted by Crippen LogP contribution is 2.37. The third-order valence-electron chi connectivity index (χ3n) is 3.48. The van der Waals surface area contributed by atoms with Gasteiger partial charge in [0.25, 0.3) is 0 Å². The topological polar surface area (TPSA) is 15.3 Å². The second-order valence-corrected chi connectivity index (χ2v) is 5.04. The lowest BCUT2D eigenvalue weighted by Crippen LogP contribution is -2.35. The molecule has 0 amide bonds. The summed E-state index contributed by atoms with van der Waals surface area (Å²) in [5.41, 5.74) is 1.31. The SMILES string of the molecule is CN(C)c1cc(F)c(F)cc1C1(C)CCCN1. The Balaban J connectivity index is 2.54. The summed E-state index contributed by atoms with van der Waals surface area (Å²) in [6.45, 7) is 2.96. The highest BCUT2D eigenvalue weighted by atomic mass is 19.2. The highest BCUT2D eigenvalue weighted by molar-refractivity contribution is 5.56. The van der Waals surface area contributed by atoms with Crippen molar-refractivity contribution >= 4 is 5.69 Å². The summed E-state index contributed by atoms with van der Waals surface area (Å²) in [6.07, 6.45) is 2.00. The second kappa shape index (κ2) is 4.26. The van der Waals surface area contributed by atoms with Gasteiger partial charge < -0.3 is 10.2 Å². The van der Waals surface area contributed by atoms with Gasteiger partial charge in [0.2, 0.25) is 0 Å². The maximum absolute atomic E-state index is 13.4. The van der Waals surface area contributed by atoms with Gasteiger partial charge in [-0.05, 0) is 37.9 Å². The fraction of sp³-hybridized carbons (Fsp3) is 0.538. The molecular formula is C13H18F2N2. The molecule has 94 valence electrons. The van der Waals surface area contributed by atoms with Crippen molar-refractivity contribution in [1.82, 2.24) is 5.32 Å². The van der Waals surface area contributed by atoms with E-state index in [1.165, 1.54) is 12.1 Å². The predicted molar refractivity (Wildman–Crippen MR) is 65.3 cm³/mol. The lowest BCUT2D eigenvalue weighted by molar-refractivity contribution is 0.427. The van der Waals surface area contributed by atoms with Crippen LogP contribution in [-0.2, 0) is 5.54 Å². The molecule has 1 atom stereocenters. The van der Waals surface area contributed by atoms with Gasteiger partial charge in [-0.1, -0.05) is 0 Å². The van der Waals surface area contributed by atoms with Crippen molar-refractivity contribution in [2.75, 3.05) is 25.5 Å². The van der Waals surface area contributed by atoms with Crippen LogP contribution in [0.4, 0.5) is 14.5 Å². The molecule has 0 aliphatic carbocycles. The molecule has 1 heterocycles. The summed E-state index contributed by atoms with van der Waals surface area (Å²) in [4.78, 5) is 1.82. The summed E-state index contributed by atoms with van der Waals surface area (Å²) < 4.78 is 26.7. The van der Waals surface area contributed by atoms with Gasteiger partial charge >= 0.3 is 0 Å². The van der Waals surface area contributed by atoms with Crippen molar-refractivity contribution in [3.63, 3.8) is 0 Å². The summed E-state index contributed by atoms with van der Waals surface area (Å²) in [7, 11) is 3.68. The lowest BCUT2D eigenvalue weighted by atomic mass is 9.88. The number of nitrogens with one attached hydrogen (secondary N) is 1. The van der Waals surface area contributed by atoms with E-state index in [9.17, 15) is 8.78 Å². The Bertz CT molecular complexity index is 424. The Morgan fingerprint density at radius 2 is 1.88 bits per heavy atom. The van der Waals surface area contributed by atoms with E-state index >= 15 is 0 Å². The zero-order chi connectivity index (χ0) is 12.6. The first-order valence-corrected chi connectivity index (χ1v) is 5.86. The molecule has 0 radical (unpaired) electrons. The van der Waals surface area contributed by atoms with Crippen LogP contribution in [0.5, 0.6) is 0 Å². The number of benzene rings is 1. The maximum atomic E-state index is 13.4. The predicted octanol–water partition coefficient (Wildman–Crippen LogP) is 2.63. The Morgan fingerprint density at radius 1 is 1.24 bits per heavy atom. The van der Waals surface area contributed by atoms with Crippen molar-refractivity contribution < 1.29 is 8.78 Å². The van der Waals surface area contributed by atoms with Crippen molar-refractivity contribution in [1.29, 1.82) is 0 Å². The third-order valence-corrected chi connectivity index (χ3v) is 3.48. The van der Waals surface area contributed by atoms with Crippen molar-refractivity contribution in [3.8, 4) is 0 Å². The highest BCUT2D eigenvalue weighted by Gasteiger charge is 2.33. The van der Waals surface area contributed by atoms with E-state index in [2.05, 4.69) is 5.32 Å². The molecule has 1 unspecified atom stereocenters. The van der Waals surface area contributed by atoms with Gasteiger partial charge in [-0.15, -0.1) is 0 Å². The number of halogens is 2. The Morgan fingerprint density at radius 3 is 2.41 bits per heavy atom. The molecular weight excluding hydrogens is 222 g/mol. The fourth-order valence-corrected chi connectivity index (χ4v) is 2.47. The van der Waals surface area contributed by atoms with E-state index < -0.39 is 11.6 Å². The Labute approximate surface area is 101 Å². The van der Waals surface area contributed by atoms with Crippen molar-refractivity contribution in [2.24, 2.45) is 0 Å². The summed E-state index contributed by atoms with van der Waals surface area (Å²) >= 11 is 0. The molecule has 2 nitrogen and oxygen atoms in total. The molecule has 17 heavy (non-hydrogen) atoms. The largest absolute Gasteiger partial charge is 0.377 e. The zero-order valence-corrected chi connectivity index (χ0v) is 10.5. The maximum Gasteiger partial charge on any atom is 0.160 e. The molecule has 1 fully saturated rings. The van der Waals surface area contributed by atoms with Crippen LogP contribution in [0.15, 0.2) is 12.1 Å². The molecule has 1 aromatic carbocycles. The lowest BCUT2D eigenvalue weighted by Gasteiger charge is -2.30. The van der Waals surface area contributed by atoms with Crippen LogP contribution >= 0.6 is 0 Å². The second-order valence-electron chi connectivity index (χ2n) is 5.04. The third kappa shape index (κ3) is 2.14. The van der Waals surface area contributed by atoms with Gasteiger partial charge in [0.1, 0.15) is 0 Å². The van der Waals surface area contributed by atoms with Crippen LogP contribution in [0.1, 0.15) is 25.3 Å². The van der Waals surface area contributed by atoms with Crippen LogP contribution in [0, 0.1) is 11.6 Å². The summed E-state index contributed by atoms with van der Waals surface area (Å²) in [5.74, 6) is -1.57. The number of nitrogens with zero attached hydrogens (tertiary/aromatic N) is 1. The number of anilines is 1. The van der Waals surface area contributed by atoms with Gasteiger partial charge in [0.05, 0.1) is 0 Å². The normalized spacial score (nSPS) is 24.1. The minimum absolute atomic E-state index is 0.256. The number of rotatable bonds is 2. The van der Waals surface area contributed by atoms with Crippen molar-refractivity contribution in [3.05, 3.63) is 29.3 Å². The average molecular weight is 240 g/mol. The molecule has 4 heteroatoms. The summed E-state index contributed by atoms with van der Waals surface area (Å²) in [6, 6.07) is 2.60. The molecule has 1 N–H and O–H groups in total. The van der Waals surface area contributed by atoms with Gasteiger partial charge in [-0.3, -0.25) is 0 Å². The van der Waals surface area contributed by atoms with Crippen LogP contribution in [0.3, 0.4) is 0 Å². The molecule has 1 aliphatic heterocycles. The monoisotopic (exact) mass is 240 g/mol. The van der Waals surface area contributed by atoms with E-state index in [0.29, 0.717) is 0 Å². The molecule has 1 saturated heterocycles. The van der Waals surface area contributed by atoms with Crippen LogP contribution in [0.2, 0.25) is 0 Å². The standard InChI is InChI=1S/C13H18F2N2/c1-13(5-4-6-16-13)9-7-10(14)11(15)8-12(9)17(2)3/h7-8,16H,4-6H2,1-3H3. The molecule has 1 aromatic rings. The number of hydrogen-bond donors (Lipinski definition) is 1. The molecule has 0 saturated carbocycles. The Kier molecular flexibility index (Phi) is 3.08. The molecule has 0 aromatic heterocycles. The molecule has 2 rings (SSSR count). The van der Waals surface area contributed by atoms with E-state index in [1.54, 1.807) is 0 Å². The van der Waals surface area contributed by atoms with Gasteiger partial charge in [0, 0.05) is 31.4 Å². The number of hydrogen-bond acceptors (Lipinski definition) is 2. The average Bonchev–Trinajstić information content (AvgIpc) is 2.69. The van der Waals surface area contributed by atoms with Gasteiger partial charge in [0.15, 0.2) is 11.6 Å². The van der Waals surface area contributed by atoms with Crippen LogP contribution in [0.25, 0.3) is 0 Å². The Hall–Kier alpha value is -1.16. The molecule has 0 bridgehead atoms. The van der Waals surface area contributed by atoms with E-state index in [4.69, 9.17) is 0 Å². The first-order chi connectivity index (χ1) is 7.94. The smallest absolute Gasteiger partial charge is 0.160 e. The van der Waals surface area contributed by atoms with E-state index in [-0.39, 0.29) is 5.54 Å². The quantitative estimate of drug-likeness (QED) is 0.855. The van der Waals surface area contributed by atoms with E-state index in [1.807, 2.05) is 25.9 Å². The van der Waals surface area contributed by atoms with Gasteiger partial charge in [-0.2, -0.15) is 0 Å². The van der Waals surface area contributed by atoms with Crippen molar-refractivity contribution in [2.45, 2.75) is 25.3 Å². The molecule has 0 spiro atoms. The minimum Gasteiger partial charge on any atom is -0.377 e. The first kappa shape index (κ1) is 12.3.